The molecule has 1 aromatic heterocycles. The lowest BCUT2D eigenvalue weighted by Gasteiger charge is -2.39. The summed E-state index contributed by atoms with van der Waals surface area (Å²) in [6, 6.07) is 11.0. The summed E-state index contributed by atoms with van der Waals surface area (Å²) in [5.74, 6) is -0.434. The molecule has 0 N–H and O–H groups in total. The molecule has 0 saturated carbocycles. The van der Waals surface area contributed by atoms with Crippen molar-refractivity contribution in [2.24, 2.45) is 0 Å². The van der Waals surface area contributed by atoms with Gasteiger partial charge >= 0.3 is 6.09 Å². The molecule has 1 aliphatic heterocycles. The van der Waals surface area contributed by atoms with Gasteiger partial charge in [0, 0.05) is 24.8 Å². The van der Waals surface area contributed by atoms with Crippen LogP contribution in [0.3, 0.4) is 0 Å². The summed E-state index contributed by atoms with van der Waals surface area (Å²) in [7, 11) is 0. The predicted molar refractivity (Wildman–Crippen MR) is 97.1 cm³/mol. The molecule has 1 saturated heterocycles. The fourth-order valence-corrected chi connectivity index (χ4v) is 2.61. The van der Waals surface area contributed by atoms with Gasteiger partial charge in [0.25, 0.3) is 5.91 Å². The highest BCUT2D eigenvalue weighted by atomic mass is 16.6. The lowest BCUT2D eigenvalue weighted by molar-refractivity contribution is -0.0608. The average molecular weight is 352 g/mol. The third kappa shape index (κ3) is 3.91. The highest BCUT2D eigenvalue weighted by Crippen LogP contribution is 2.26. The number of hydrogen-bond donors (Lipinski definition) is 0. The van der Waals surface area contributed by atoms with Gasteiger partial charge in [-0.2, -0.15) is 5.01 Å². The number of ether oxygens (including phenoxy) is 1. The van der Waals surface area contributed by atoms with Gasteiger partial charge in [-0.15, -0.1) is 0 Å². The Bertz CT molecular complexity index is 795. The Morgan fingerprint density at radius 2 is 1.85 bits per heavy atom. The summed E-state index contributed by atoms with van der Waals surface area (Å²) >= 11 is 0. The summed E-state index contributed by atoms with van der Waals surface area (Å²) < 4.78 is 5.44. The molecular formula is C20H22N3O3. The monoisotopic (exact) mass is 352 g/mol. The third-order valence-electron chi connectivity index (χ3n) is 3.93. The lowest BCUT2D eigenvalue weighted by Crippen LogP contribution is -2.57. The van der Waals surface area contributed by atoms with Gasteiger partial charge in [-0.1, -0.05) is 30.3 Å². The topological polar surface area (TPSA) is 62.7 Å². The van der Waals surface area contributed by atoms with E-state index in [1.165, 1.54) is 6.20 Å². The van der Waals surface area contributed by atoms with Gasteiger partial charge in [0.2, 0.25) is 0 Å². The molecule has 0 unspecified atom stereocenters. The second-order valence-corrected chi connectivity index (χ2v) is 7.12. The summed E-state index contributed by atoms with van der Waals surface area (Å²) in [4.78, 5) is 29.9. The van der Waals surface area contributed by atoms with Crippen molar-refractivity contribution in [1.29, 1.82) is 0 Å². The quantitative estimate of drug-likeness (QED) is 0.845. The van der Waals surface area contributed by atoms with Gasteiger partial charge in [-0.3, -0.25) is 9.78 Å². The molecule has 6 heteroatoms. The molecule has 6 nitrogen and oxygen atoms in total. The minimum Gasteiger partial charge on any atom is -0.442 e. The molecule has 2 heterocycles. The van der Waals surface area contributed by atoms with E-state index in [1.54, 1.807) is 31.8 Å². The van der Waals surface area contributed by atoms with Crippen molar-refractivity contribution in [3.8, 4) is 11.1 Å². The van der Waals surface area contributed by atoms with Gasteiger partial charge in [-0.25, -0.2) is 9.80 Å². The van der Waals surface area contributed by atoms with Crippen LogP contribution in [-0.2, 0) is 4.74 Å². The van der Waals surface area contributed by atoms with Crippen molar-refractivity contribution >= 4 is 12.0 Å². The number of carbonyl (C=O) groups is 2. The first-order chi connectivity index (χ1) is 12.4. The molecule has 3 rings (SSSR count). The molecule has 0 spiro atoms. The molecule has 1 aromatic carbocycles. The Morgan fingerprint density at radius 3 is 2.42 bits per heavy atom. The molecule has 0 bridgehead atoms. The van der Waals surface area contributed by atoms with E-state index in [1.807, 2.05) is 30.3 Å². The molecule has 2 aromatic rings. The maximum absolute atomic E-state index is 13.2. The van der Waals surface area contributed by atoms with Crippen LogP contribution in [0.1, 0.15) is 37.6 Å². The normalized spacial score (nSPS) is 14.4. The second-order valence-electron chi connectivity index (χ2n) is 7.12. The molecule has 0 aliphatic carbocycles. The van der Waals surface area contributed by atoms with Crippen LogP contribution in [0.4, 0.5) is 4.79 Å². The van der Waals surface area contributed by atoms with Crippen molar-refractivity contribution in [2.45, 2.75) is 32.8 Å². The fraction of sp³-hybridized carbons (Fsp3) is 0.350. The van der Waals surface area contributed by atoms with Crippen LogP contribution in [-0.4, -0.2) is 45.7 Å². The van der Waals surface area contributed by atoms with Crippen LogP contribution < -0.4 is 0 Å². The number of hydrazine groups is 1. The first-order valence-electron chi connectivity index (χ1n) is 8.61. The van der Waals surface area contributed by atoms with Crippen LogP contribution in [0, 0.1) is 6.20 Å². The summed E-state index contributed by atoms with van der Waals surface area (Å²) in [5, 5.41) is 2.80. The molecule has 1 aliphatic rings. The van der Waals surface area contributed by atoms with E-state index in [-0.39, 0.29) is 0 Å². The third-order valence-corrected chi connectivity index (χ3v) is 3.93. The Balaban J connectivity index is 1.97. The zero-order valence-electron chi connectivity index (χ0n) is 15.2. The standard InChI is InChI=1S/C20H22N3O3/c1-20(2,3)26-19(25)23(22-12-7-13-22)18(24)16-10-11-21-14-17(16)15-8-5-4-6-9-15/h4-6,8-11H,7,12-13H2,1-3H3. The maximum atomic E-state index is 13.2. The Morgan fingerprint density at radius 1 is 1.15 bits per heavy atom. The number of rotatable bonds is 3. The number of imide groups is 1. The van der Waals surface area contributed by atoms with Gasteiger partial charge in [0.05, 0.1) is 11.8 Å². The largest absolute Gasteiger partial charge is 0.442 e. The average Bonchev–Trinajstić information content (AvgIpc) is 2.56. The van der Waals surface area contributed by atoms with Gasteiger partial charge in [0.1, 0.15) is 5.60 Å². The van der Waals surface area contributed by atoms with E-state index in [2.05, 4.69) is 11.2 Å². The van der Waals surface area contributed by atoms with E-state index < -0.39 is 17.6 Å². The minimum atomic E-state index is -0.687. The van der Waals surface area contributed by atoms with E-state index >= 15 is 0 Å². The minimum absolute atomic E-state index is 0.365. The van der Waals surface area contributed by atoms with Crippen molar-refractivity contribution in [1.82, 2.24) is 15.0 Å². The van der Waals surface area contributed by atoms with Gasteiger partial charge in [-0.05, 0) is 38.8 Å². The highest BCUT2D eigenvalue weighted by molar-refractivity contribution is 6.06. The van der Waals surface area contributed by atoms with Crippen molar-refractivity contribution in [3.05, 3.63) is 54.4 Å². The Labute approximate surface area is 153 Å². The molecular weight excluding hydrogens is 330 g/mol. The molecule has 1 fully saturated rings. The lowest BCUT2D eigenvalue weighted by atomic mass is 10.0. The van der Waals surface area contributed by atoms with Crippen LogP contribution in [0.5, 0.6) is 0 Å². The molecule has 2 amide bonds. The maximum Gasteiger partial charge on any atom is 0.432 e. The molecule has 135 valence electrons. The van der Waals surface area contributed by atoms with E-state index in [0.29, 0.717) is 24.2 Å². The highest BCUT2D eigenvalue weighted by Gasteiger charge is 2.36. The Hall–Kier alpha value is -2.73. The van der Waals surface area contributed by atoms with E-state index in [4.69, 9.17) is 4.74 Å². The smallest absolute Gasteiger partial charge is 0.432 e. The van der Waals surface area contributed by atoms with E-state index in [0.717, 1.165) is 17.0 Å². The van der Waals surface area contributed by atoms with Crippen LogP contribution in [0.2, 0.25) is 0 Å². The number of amides is 2. The number of pyridine rings is 1. The fourth-order valence-electron chi connectivity index (χ4n) is 2.61. The Kier molecular flexibility index (Phi) is 5.04. The van der Waals surface area contributed by atoms with Crippen molar-refractivity contribution < 1.29 is 14.3 Å². The second kappa shape index (κ2) is 7.25. The number of nitrogens with zero attached hydrogens (tertiary/aromatic N) is 3. The predicted octanol–water partition coefficient (Wildman–Crippen LogP) is 3.55. The first-order valence-corrected chi connectivity index (χ1v) is 8.61. The van der Waals surface area contributed by atoms with Gasteiger partial charge < -0.3 is 4.74 Å². The van der Waals surface area contributed by atoms with Crippen molar-refractivity contribution in [2.75, 3.05) is 13.1 Å². The van der Waals surface area contributed by atoms with Crippen LogP contribution in [0.15, 0.2) is 42.6 Å². The molecule has 1 radical (unpaired) electrons. The number of hydrogen-bond acceptors (Lipinski definition) is 5. The van der Waals surface area contributed by atoms with Gasteiger partial charge in [0.15, 0.2) is 0 Å². The first kappa shape index (κ1) is 18.1. The van der Waals surface area contributed by atoms with Crippen molar-refractivity contribution in [3.63, 3.8) is 0 Å². The SMILES string of the molecule is CC(C)(C)OC(=O)N(C(=O)c1ccn[c]c1-c1ccccc1)N1CCC1. The zero-order valence-corrected chi connectivity index (χ0v) is 15.2. The van der Waals surface area contributed by atoms with Crippen LogP contribution in [0.25, 0.3) is 11.1 Å². The molecule has 26 heavy (non-hydrogen) atoms. The zero-order chi connectivity index (χ0) is 18.7. The number of benzene rings is 1. The summed E-state index contributed by atoms with van der Waals surface area (Å²) in [6.07, 6.45) is 4.65. The van der Waals surface area contributed by atoms with Crippen LogP contribution >= 0.6 is 0 Å². The summed E-state index contributed by atoms with van der Waals surface area (Å²) in [5.41, 5.74) is 1.06. The molecule has 0 atom stereocenters. The van der Waals surface area contributed by atoms with E-state index in [9.17, 15) is 9.59 Å². The summed E-state index contributed by atoms with van der Waals surface area (Å²) in [6.45, 7) is 6.61. The number of carbonyl (C=O) groups excluding carboxylic acids is 2. The number of aromatic nitrogens is 1.